The van der Waals surface area contributed by atoms with Gasteiger partial charge in [-0.3, -0.25) is 9.59 Å². The van der Waals surface area contributed by atoms with Gasteiger partial charge in [0.1, 0.15) is 17.8 Å². The third-order valence-corrected chi connectivity index (χ3v) is 7.11. The molecule has 2 fully saturated rings. The summed E-state index contributed by atoms with van der Waals surface area (Å²) >= 11 is 0. The molecule has 1 aliphatic heterocycles. The van der Waals surface area contributed by atoms with Crippen LogP contribution in [-0.4, -0.2) is 34.8 Å². The molecule has 0 unspecified atom stereocenters. The number of aromatic nitrogens is 1. The number of carbonyl (C=O) groups excluding carboxylic acids is 2. The lowest BCUT2D eigenvalue weighted by Gasteiger charge is -2.38. The highest BCUT2D eigenvalue weighted by atomic mass is 19.1. The van der Waals surface area contributed by atoms with E-state index < -0.39 is 0 Å². The molecule has 0 spiro atoms. The van der Waals surface area contributed by atoms with Crippen LogP contribution in [0.4, 0.5) is 4.39 Å². The van der Waals surface area contributed by atoms with Crippen LogP contribution in [0.25, 0.3) is 0 Å². The first kappa shape index (κ1) is 22.8. The van der Waals surface area contributed by atoms with Crippen molar-refractivity contribution in [1.29, 1.82) is 0 Å². The zero-order valence-electron chi connectivity index (χ0n) is 19.9. The molecule has 3 aromatic rings. The Morgan fingerprint density at radius 1 is 1.14 bits per heavy atom. The molecule has 36 heavy (non-hydrogen) atoms. The minimum Gasteiger partial charge on any atom is -0.484 e. The van der Waals surface area contributed by atoms with Crippen molar-refractivity contribution in [2.45, 2.75) is 44.8 Å². The molecular formula is C28H28FN3O4. The molecule has 7 nitrogen and oxygen atoms in total. The number of nitrogens with zero attached hydrogens (tertiary/aromatic N) is 2. The number of fused-ring (bicyclic) bond motifs is 1. The molecule has 2 aliphatic carbocycles. The van der Waals surface area contributed by atoms with Gasteiger partial charge in [0.15, 0.2) is 12.3 Å². The Labute approximate surface area is 208 Å². The Morgan fingerprint density at radius 3 is 2.78 bits per heavy atom. The van der Waals surface area contributed by atoms with Gasteiger partial charge < -0.3 is 19.4 Å². The van der Waals surface area contributed by atoms with Gasteiger partial charge in [0.25, 0.3) is 5.91 Å². The molecule has 2 amide bonds. The third-order valence-electron chi connectivity index (χ3n) is 7.11. The highest BCUT2D eigenvalue weighted by Gasteiger charge is 2.39. The summed E-state index contributed by atoms with van der Waals surface area (Å²) < 4.78 is 25.6. The molecule has 2 aromatic carbocycles. The number of benzene rings is 2. The van der Waals surface area contributed by atoms with Crippen LogP contribution in [0.5, 0.6) is 5.75 Å². The van der Waals surface area contributed by atoms with Gasteiger partial charge in [-0.25, -0.2) is 9.37 Å². The first-order valence-corrected chi connectivity index (χ1v) is 12.6. The van der Waals surface area contributed by atoms with Crippen LogP contribution in [0.3, 0.4) is 0 Å². The number of nitrogens with one attached hydrogen (secondary N) is 1. The van der Waals surface area contributed by atoms with Crippen molar-refractivity contribution in [3.63, 3.8) is 0 Å². The van der Waals surface area contributed by atoms with Gasteiger partial charge in [0, 0.05) is 19.0 Å². The average Bonchev–Trinajstić information content (AvgIpc) is 3.83. The summed E-state index contributed by atoms with van der Waals surface area (Å²) in [6.45, 7) is 1.33. The maximum atomic E-state index is 14.2. The largest absolute Gasteiger partial charge is 0.484 e. The molecule has 2 saturated carbocycles. The van der Waals surface area contributed by atoms with Crippen LogP contribution in [0.1, 0.15) is 64.8 Å². The van der Waals surface area contributed by atoms with E-state index in [4.69, 9.17) is 9.15 Å². The van der Waals surface area contributed by atoms with Crippen molar-refractivity contribution in [2.75, 3.05) is 13.1 Å². The van der Waals surface area contributed by atoms with E-state index in [-0.39, 0.29) is 41.9 Å². The monoisotopic (exact) mass is 489 g/mol. The quantitative estimate of drug-likeness (QED) is 0.507. The summed E-state index contributed by atoms with van der Waals surface area (Å²) in [5.41, 5.74) is 3.03. The maximum Gasteiger partial charge on any atom is 0.273 e. The van der Waals surface area contributed by atoms with Crippen LogP contribution >= 0.6 is 0 Å². The topological polar surface area (TPSA) is 84.7 Å². The number of ether oxygens (including phenoxy) is 1. The number of hydrogen-bond donors (Lipinski definition) is 1. The Kier molecular flexibility index (Phi) is 5.95. The van der Waals surface area contributed by atoms with E-state index in [0.29, 0.717) is 30.6 Å². The highest BCUT2D eigenvalue weighted by molar-refractivity contribution is 5.91. The van der Waals surface area contributed by atoms with E-state index in [0.717, 1.165) is 48.8 Å². The van der Waals surface area contributed by atoms with Crippen molar-refractivity contribution < 1.29 is 23.1 Å². The minimum atomic E-state index is -0.371. The molecule has 1 N–H and O–H groups in total. The lowest BCUT2D eigenvalue weighted by atomic mass is 9.87. The van der Waals surface area contributed by atoms with Crippen LogP contribution in [0, 0.1) is 17.7 Å². The predicted octanol–water partition coefficient (Wildman–Crippen LogP) is 4.42. The summed E-state index contributed by atoms with van der Waals surface area (Å²) in [6.07, 6.45) is 6.22. The van der Waals surface area contributed by atoms with Crippen LogP contribution in [-0.2, 0) is 17.8 Å². The smallest absolute Gasteiger partial charge is 0.273 e. The highest BCUT2D eigenvalue weighted by Crippen LogP contribution is 2.41. The SMILES string of the molecule is O=C(NCC1CC1)c1coc(COc2ccc3c(c2)[C@H](c2cccc(F)c2)N(C(=O)C2CC2)CC3)n1. The van der Waals surface area contributed by atoms with E-state index >= 15 is 0 Å². The summed E-state index contributed by atoms with van der Waals surface area (Å²) in [7, 11) is 0. The van der Waals surface area contributed by atoms with Crippen molar-refractivity contribution in [3.8, 4) is 5.75 Å². The summed E-state index contributed by atoms with van der Waals surface area (Å²) in [4.78, 5) is 31.5. The zero-order valence-corrected chi connectivity index (χ0v) is 19.9. The molecule has 1 aromatic heterocycles. The Balaban J connectivity index is 1.21. The van der Waals surface area contributed by atoms with Gasteiger partial charge in [-0.2, -0.15) is 0 Å². The fraction of sp³-hybridized carbons (Fsp3) is 0.393. The van der Waals surface area contributed by atoms with Crippen LogP contribution in [0.15, 0.2) is 53.1 Å². The number of amides is 2. The second-order valence-corrected chi connectivity index (χ2v) is 9.94. The molecule has 2 heterocycles. The first-order valence-electron chi connectivity index (χ1n) is 12.6. The lowest BCUT2D eigenvalue weighted by Crippen LogP contribution is -2.41. The molecule has 0 bridgehead atoms. The fourth-order valence-electron chi connectivity index (χ4n) is 4.80. The van der Waals surface area contributed by atoms with Crippen LogP contribution < -0.4 is 10.1 Å². The molecule has 6 rings (SSSR count). The number of carbonyl (C=O) groups is 2. The number of rotatable bonds is 8. The normalized spacial score (nSPS) is 19.0. The zero-order chi connectivity index (χ0) is 24.6. The number of hydrogen-bond acceptors (Lipinski definition) is 5. The predicted molar refractivity (Wildman–Crippen MR) is 129 cm³/mol. The average molecular weight is 490 g/mol. The van der Waals surface area contributed by atoms with E-state index in [1.54, 1.807) is 6.07 Å². The Hall–Kier alpha value is -3.68. The summed E-state index contributed by atoms with van der Waals surface area (Å²) in [5, 5.41) is 2.87. The van der Waals surface area contributed by atoms with Crippen molar-refractivity contribution in [1.82, 2.24) is 15.2 Å². The first-order chi connectivity index (χ1) is 17.5. The second kappa shape index (κ2) is 9.41. The molecule has 1 atom stereocenters. The van der Waals surface area contributed by atoms with Crippen LogP contribution in [0.2, 0.25) is 0 Å². The summed E-state index contributed by atoms with van der Waals surface area (Å²) in [6, 6.07) is 11.9. The molecule has 3 aliphatic rings. The van der Waals surface area contributed by atoms with E-state index in [1.807, 2.05) is 29.2 Å². The number of halogens is 1. The summed E-state index contributed by atoms with van der Waals surface area (Å²) in [5.74, 6) is 1.11. The van der Waals surface area contributed by atoms with E-state index in [1.165, 1.54) is 18.4 Å². The second-order valence-electron chi connectivity index (χ2n) is 9.94. The fourth-order valence-corrected chi connectivity index (χ4v) is 4.80. The Morgan fingerprint density at radius 2 is 2.00 bits per heavy atom. The van der Waals surface area contributed by atoms with Gasteiger partial charge in [-0.1, -0.05) is 18.2 Å². The Bertz CT molecular complexity index is 1300. The molecule has 186 valence electrons. The third kappa shape index (κ3) is 4.85. The van der Waals surface area contributed by atoms with Crippen molar-refractivity contribution in [3.05, 3.63) is 82.8 Å². The lowest BCUT2D eigenvalue weighted by molar-refractivity contribution is -0.134. The van der Waals surface area contributed by atoms with Gasteiger partial charge in [0.2, 0.25) is 11.8 Å². The van der Waals surface area contributed by atoms with Crippen molar-refractivity contribution >= 4 is 11.8 Å². The van der Waals surface area contributed by atoms with Gasteiger partial charge >= 0.3 is 0 Å². The van der Waals surface area contributed by atoms with E-state index in [9.17, 15) is 14.0 Å². The van der Waals surface area contributed by atoms with Gasteiger partial charge in [-0.05, 0) is 79.0 Å². The number of oxazole rings is 1. The van der Waals surface area contributed by atoms with Crippen molar-refractivity contribution in [2.24, 2.45) is 11.8 Å². The maximum absolute atomic E-state index is 14.2. The van der Waals surface area contributed by atoms with E-state index in [2.05, 4.69) is 10.3 Å². The van der Waals surface area contributed by atoms with Gasteiger partial charge in [-0.15, -0.1) is 0 Å². The molecule has 0 radical (unpaired) electrons. The molecule has 8 heteroatoms. The minimum absolute atomic E-state index is 0.0596. The molecule has 0 saturated heterocycles. The molecular weight excluding hydrogens is 461 g/mol. The standard InChI is InChI=1S/C28H28FN3O4/c29-21-3-1-2-20(12-21)26-23-13-22(9-8-18(23)10-11-32(26)28(34)19-6-7-19)35-16-25-31-24(15-36-25)27(33)30-14-17-4-5-17/h1-3,8-9,12-13,15,17,19,26H,4-7,10-11,14,16H2,(H,30,33)/t26-/m0/s1. The van der Waals surface area contributed by atoms with Gasteiger partial charge in [0.05, 0.1) is 6.04 Å².